The second-order valence-electron chi connectivity index (χ2n) is 6.14. The van der Waals surface area contributed by atoms with Gasteiger partial charge in [0.15, 0.2) is 0 Å². The summed E-state index contributed by atoms with van der Waals surface area (Å²) in [6.07, 6.45) is 0. The molecule has 0 amide bonds. The van der Waals surface area contributed by atoms with E-state index >= 15 is 0 Å². The molecule has 0 saturated carbocycles. The van der Waals surface area contributed by atoms with E-state index in [1.165, 1.54) is 4.57 Å². The second-order valence-corrected chi connectivity index (χ2v) is 7.06. The van der Waals surface area contributed by atoms with Gasteiger partial charge in [-0.05, 0) is 30.5 Å². The number of halogens is 1. The zero-order valence-electron chi connectivity index (χ0n) is 12.2. The molecule has 0 radical (unpaired) electrons. The Morgan fingerprint density at radius 3 is 2.35 bits per heavy atom. The third kappa shape index (κ3) is 2.73. The molecule has 0 unspecified atom stereocenters. The first-order chi connectivity index (χ1) is 9.24. The number of benzene rings is 1. The van der Waals surface area contributed by atoms with Crippen LogP contribution in [0, 0.1) is 5.41 Å². The lowest BCUT2D eigenvalue weighted by atomic mass is 9.97. The predicted octanol–water partition coefficient (Wildman–Crippen LogP) is 2.99. The van der Waals surface area contributed by atoms with Crippen LogP contribution in [0.3, 0.4) is 0 Å². The maximum Gasteiger partial charge on any atom is 0.331 e. The van der Waals surface area contributed by atoms with Gasteiger partial charge in [0, 0.05) is 17.6 Å². The van der Waals surface area contributed by atoms with Crippen LogP contribution in [0.4, 0.5) is 0 Å². The number of aryl methyl sites for hydroxylation is 1. The highest BCUT2D eigenvalue weighted by molar-refractivity contribution is 9.10. The minimum Gasteiger partial charge on any atom is -0.293 e. The molecular weight excluding hydrogens is 320 g/mol. The molecule has 1 heterocycles. The lowest BCUT2D eigenvalue weighted by Crippen LogP contribution is -2.42. The quantitative estimate of drug-likeness (QED) is 0.844. The normalized spacial score (nSPS) is 12.1. The van der Waals surface area contributed by atoms with E-state index in [1.54, 1.807) is 10.6 Å². The van der Waals surface area contributed by atoms with Gasteiger partial charge in [-0.1, -0.05) is 36.7 Å². The third-order valence-corrected chi connectivity index (χ3v) is 3.63. The fourth-order valence-electron chi connectivity index (χ4n) is 2.32. The first-order valence-electron chi connectivity index (χ1n) is 6.67. The Hall–Kier alpha value is -1.36. The Morgan fingerprint density at radius 1 is 1.15 bits per heavy atom. The summed E-state index contributed by atoms with van der Waals surface area (Å²) in [7, 11) is 0. The summed E-state index contributed by atoms with van der Waals surface area (Å²) in [5.41, 5.74) is 0.109. The second kappa shape index (κ2) is 5.20. The van der Waals surface area contributed by atoms with Crippen LogP contribution in [-0.2, 0) is 13.1 Å². The van der Waals surface area contributed by atoms with E-state index in [2.05, 4.69) is 15.9 Å². The Balaban J connectivity index is 2.89. The molecule has 4 nitrogen and oxygen atoms in total. The number of nitrogens with zero attached hydrogens (tertiary/aromatic N) is 2. The molecule has 0 atom stereocenters. The molecule has 1 aromatic heterocycles. The Bertz CT molecular complexity index is 766. The average molecular weight is 339 g/mol. The molecule has 0 saturated heterocycles. The van der Waals surface area contributed by atoms with E-state index < -0.39 is 0 Å². The van der Waals surface area contributed by atoms with Gasteiger partial charge in [0.2, 0.25) is 0 Å². The maximum atomic E-state index is 12.6. The minimum atomic E-state index is -0.234. The van der Waals surface area contributed by atoms with E-state index in [0.29, 0.717) is 24.0 Å². The molecular formula is C15H19BrN2O2. The molecule has 2 aromatic rings. The summed E-state index contributed by atoms with van der Waals surface area (Å²) in [6, 6.07) is 5.44. The van der Waals surface area contributed by atoms with E-state index in [1.807, 2.05) is 39.8 Å². The zero-order valence-corrected chi connectivity index (χ0v) is 13.8. The number of aromatic nitrogens is 2. The van der Waals surface area contributed by atoms with Gasteiger partial charge >= 0.3 is 5.69 Å². The van der Waals surface area contributed by atoms with Crippen molar-refractivity contribution in [3.8, 4) is 0 Å². The Morgan fingerprint density at radius 2 is 1.80 bits per heavy atom. The smallest absolute Gasteiger partial charge is 0.293 e. The predicted molar refractivity (Wildman–Crippen MR) is 85.3 cm³/mol. The van der Waals surface area contributed by atoms with Gasteiger partial charge < -0.3 is 0 Å². The van der Waals surface area contributed by atoms with Gasteiger partial charge in [-0.2, -0.15) is 0 Å². The average Bonchev–Trinajstić information content (AvgIpc) is 2.35. The van der Waals surface area contributed by atoms with Crippen molar-refractivity contribution in [1.29, 1.82) is 0 Å². The van der Waals surface area contributed by atoms with Crippen LogP contribution >= 0.6 is 15.9 Å². The summed E-state index contributed by atoms with van der Waals surface area (Å²) >= 11 is 3.38. The highest BCUT2D eigenvalue weighted by Gasteiger charge is 2.18. The first-order valence-corrected chi connectivity index (χ1v) is 7.47. The number of hydrogen-bond acceptors (Lipinski definition) is 2. The van der Waals surface area contributed by atoms with Crippen LogP contribution in [-0.4, -0.2) is 9.13 Å². The SMILES string of the molecule is CCn1c(=O)n(CC(C)(C)C)c(=O)c2cc(Br)ccc21. The molecule has 2 rings (SSSR count). The summed E-state index contributed by atoms with van der Waals surface area (Å²) in [6.45, 7) is 8.91. The molecule has 0 aliphatic rings. The van der Waals surface area contributed by atoms with Gasteiger partial charge in [-0.15, -0.1) is 0 Å². The number of hydrogen-bond donors (Lipinski definition) is 0. The van der Waals surface area contributed by atoms with Crippen molar-refractivity contribution < 1.29 is 0 Å². The summed E-state index contributed by atoms with van der Waals surface area (Å²) in [5.74, 6) is 0. The van der Waals surface area contributed by atoms with E-state index in [4.69, 9.17) is 0 Å². The van der Waals surface area contributed by atoms with Crippen LogP contribution in [0.25, 0.3) is 10.9 Å². The molecule has 0 aliphatic heterocycles. The lowest BCUT2D eigenvalue weighted by molar-refractivity contribution is 0.327. The molecule has 20 heavy (non-hydrogen) atoms. The third-order valence-electron chi connectivity index (χ3n) is 3.14. The largest absolute Gasteiger partial charge is 0.331 e. The monoisotopic (exact) mass is 338 g/mol. The minimum absolute atomic E-state index is 0.131. The van der Waals surface area contributed by atoms with Crippen LogP contribution in [0.15, 0.2) is 32.3 Å². The lowest BCUT2D eigenvalue weighted by Gasteiger charge is -2.20. The number of rotatable bonds is 2. The summed E-state index contributed by atoms with van der Waals surface area (Å²) in [4.78, 5) is 25.1. The topological polar surface area (TPSA) is 44.0 Å². The first kappa shape index (κ1) is 15.0. The molecule has 1 aromatic carbocycles. The standard InChI is InChI=1S/C15H19BrN2O2/c1-5-17-12-7-6-10(16)8-11(12)13(19)18(14(17)20)9-15(2,3)4/h6-8H,5,9H2,1-4H3. The van der Waals surface area contributed by atoms with Crippen molar-refractivity contribution in [2.24, 2.45) is 5.41 Å². The van der Waals surface area contributed by atoms with Crippen molar-refractivity contribution in [1.82, 2.24) is 9.13 Å². The molecule has 108 valence electrons. The van der Waals surface area contributed by atoms with Crippen molar-refractivity contribution in [2.45, 2.75) is 40.8 Å². The van der Waals surface area contributed by atoms with Crippen LogP contribution in [0.2, 0.25) is 0 Å². The summed E-state index contributed by atoms with van der Waals surface area (Å²) < 4.78 is 3.83. The van der Waals surface area contributed by atoms with Crippen molar-refractivity contribution >= 4 is 26.8 Å². The van der Waals surface area contributed by atoms with Gasteiger partial charge in [0.25, 0.3) is 5.56 Å². The fraction of sp³-hybridized carbons (Fsp3) is 0.467. The van der Waals surface area contributed by atoms with Gasteiger partial charge in [-0.25, -0.2) is 4.79 Å². The van der Waals surface area contributed by atoms with E-state index in [9.17, 15) is 9.59 Å². The molecule has 0 spiro atoms. The molecule has 5 heteroatoms. The van der Waals surface area contributed by atoms with E-state index in [0.717, 1.165) is 4.47 Å². The van der Waals surface area contributed by atoms with Crippen molar-refractivity contribution in [3.63, 3.8) is 0 Å². The maximum absolute atomic E-state index is 12.6. The van der Waals surface area contributed by atoms with Crippen molar-refractivity contribution in [3.05, 3.63) is 43.5 Å². The Kier molecular flexibility index (Phi) is 3.91. The Labute approximate surface area is 126 Å². The summed E-state index contributed by atoms with van der Waals surface area (Å²) in [5, 5.41) is 0.574. The fourth-order valence-corrected chi connectivity index (χ4v) is 2.68. The van der Waals surface area contributed by atoms with Crippen LogP contribution < -0.4 is 11.2 Å². The number of fused-ring (bicyclic) bond motifs is 1. The van der Waals surface area contributed by atoms with E-state index in [-0.39, 0.29) is 16.7 Å². The van der Waals surface area contributed by atoms with Gasteiger partial charge in [-0.3, -0.25) is 13.9 Å². The van der Waals surface area contributed by atoms with Crippen LogP contribution in [0.1, 0.15) is 27.7 Å². The molecule has 0 fully saturated rings. The molecule has 0 aliphatic carbocycles. The van der Waals surface area contributed by atoms with Crippen molar-refractivity contribution in [2.75, 3.05) is 0 Å². The molecule has 0 N–H and O–H groups in total. The highest BCUT2D eigenvalue weighted by atomic mass is 79.9. The zero-order chi connectivity index (χ0) is 15.1. The molecule has 0 bridgehead atoms. The van der Waals surface area contributed by atoms with Gasteiger partial charge in [0.05, 0.1) is 10.9 Å². The van der Waals surface area contributed by atoms with Crippen LogP contribution in [0.5, 0.6) is 0 Å². The highest BCUT2D eigenvalue weighted by Crippen LogP contribution is 2.18. The van der Waals surface area contributed by atoms with Gasteiger partial charge in [0.1, 0.15) is 0 Å².